The molecule has 2 aromatic carbocycles. The summed E-state index contributed by atoms with van der Waals surface area (Å²) in [7, 11) is 0. The Morgan fingerprint density at radius 2 is 1.91 bits per heavy atom. The number of nitro groups is 1. The molecule has 4 N–H and O–H groups in total. The van der Waals surface area contributed by atoms with Crippen LogP contribution in [-0.4, -0.2) is 50.8 Å². The van der Waals surface area contributed by atoms with Gasteiger partial charge < -0.3 is 16.1 Å². The highest BCUT2D eigenvalue weighted by atomic mass is 32.2. The van der Waals surface area contributed by atoms with E-state index in [1.54, 1.807) is 12.3 Å². The van der Waals surface area contributed by atoms with Crippen LogP contribution < -0.4 is 21.5 Å². The fourth-order valence-electron chi connectivity index (χ4n) is 3.03. The predicted octanol–water partition coefficient (Wildman–Crippen LogP) is 2.92. The van der Waals surface area contributed by atoms with Gasteiger partial charge in [-0.3, -0.25) is 14.9 Å². The summed E-state index contributed by atoms with van der Waals surface area (Å²) in [5, 5.41) is 25.8. The van der Waals surface area contributed by atoms with Crippen LogP contribution in [0.15, 0.2) is 58.8 Å². The van der Waals surface area contributed by atoms with E-state index < -0.39 is 10.8 Å². The first kappa shape index (κ1) is 24.5. The number of nitrogens with one attached hydrogen (secondary N) is 2. The van der Waals surface area contributed by atoms with Gasteiger partial charge in [-0.15, -0.1) is 10.2 Å². The van der Waals surface area contributed by atoms with Gasteiger partial charge in [0.25, 0.3) is 11.6 Å². The van der Waals surface area contributed by atoms with Crippen molar-refractivity contribution < 1.29 is 9.72 Å². The molecule has 1 heterocycles. The van der Waals surface area contributed by atoms with Gasteiger partial charge in [0, 0.05) is 24.8 Å². The second-order valence-corrected chi connectivity index (χ2v) is 7.86. The van der Waals surface area contributed by atoms with Gasteiger partial charge in [0.15, 0.2) is 0 Å². The zero-order valence-corrected chi connectivity index (χ0v) is 19.5. The lowest BCUT2D eigenvalue weighted by molar-refractivity contribution is -0.383. The summed E-state index contributed by atoms with van der Waals surface area (Å²) in [4.78, 5) is 25.0. The SMILES string of the molecule is CCN(CC)c1ccc(/C=N/Nc2nnc(SCC(=O)Nc3ccccc3[N+](=O)[O-])n2N)cc1. The zero-order chi connectivity index (χ0) is 24.5. The van der Waals surface area contributed by atoms with Gasteiger partial charge in [0.2, 0.25) is 11.1 Å². The number of hydrazone groups is 1. The monoisotopic (exact) mass is 483 g/mol. The zero-order valence-electron chi connectivity index (χ0n) is 18.7. The number of carbonyl (C=O) groups excluding carboxylic acids is 1. The van der Waals surface area contributed by atoms with Crippen molar-refractivity contribution in [3.8, 4) is 0 Å². The maximum absolute atomic E-state index is 12.2. The third-order valence-electron chi connectivity index (χ3n) is 4.77. The molecule has 0 atom stereocenters. The molecular formula is C21H25N9O3S. The van der Waals surface area contributed by atoms with Gasteiger partial charge in [-0.1, -0.05) is 36.0 Å². The van der Waals surface area contributed by atoms with E-state index in [9.17, 15) is 14.9 Å². The quantitative estimate of drug-likeness (QED) is 0.123. The van der Waals surface area contributed by atoms with Crippen LogP contribution in [0.25, 0.3) is 0 Å². The van der Waals surface area contributed by atoms with E-state index in [0.717, 1.165) is 36.1 Å². The van der Waals surface area contributed by atoms with E-state index in [0.29, 0.717) is 0 Å². The molecule has 0 fully saturated rings. The number of aromatic nitrogens is 3. The molecule has 12 nitrogen and oxygen atoms in total. The number of anilines is 3. The standard InChI is InChI=1S/C21H25N9O3S/c1-3-28(4-2)16-11-9-15(10-12-16)13-23-25-20-26-27-21(29(20)22)34-14-19(31)24-17-7-5-6-8-18(17)30(32)33/h5-13H,3-4,14,22H2,1-2H3,(H,24,31)(H,25,26)/b23-13+. The van der Waals surface area contributed by atoms with Crippen LogP contribution in [0.4, 0.5) is 23.0 Å². The summed E-state index contributed by atoms with van der Waals surface area (Å²) >= 11 is 1.03. The Balaban J connectivity index is 1.54. The van der Waals surface area contributed by atoms with Crippen molar-refractivity contribution in [2.24, 2.45) is 5.10 Å². The van der Waals surface area contributed by atoms with E-state index in [2.05, 4.69) is 44.8 Å². The third kappa shape index (κ3) is 6.22. The Hall–Kier alpha value is -4.13. The Bertz CT molecular complexity index is 1160. The lowest BCUT2D eigenvalue weighted by Gasteiger charge is -2.20. The molecule has 1 aromatic heterocycles. The van der Waals surface area contributed by atoms with Crippen molar-refractivity contribution in [2.45, 2.75) is 19.0 Å². The molecule has 0 saturated carbocycles. The van der Waals surface area contributed by atoms with Crippen LogP contribution in [0.5, 0.6) is 0 Å². The molecule has 0 aliphatic heterocycles. The lowest BCUT2D eigenvalue weighted by Crippen LogP contribution is -2.21. The molecule has 3 aromatic rings. The van der Waals surface area contributed by atoms with E-state index in [1.165, 1.54) is 22.9 Å². The molecule has 1 amide bonds. The van der Waals surface area contributed by atoms with Crippen LogP contribution in [0.2, 0.25) is 0 Å². The van der Waals surface area contributed by atoms with E-state index >= 15 is 0 Å². The number of hydrogen-bond donors (Lipinski definition) is 3. The van der Waals surface area contributed by atoms with Crippen molar-refractivity contribution in [3.05, 3.63) is 64.2 Å². The molecule has 0 radical (unpaired) electrons. The summed E-state index contributed by atoms with van der Waals surface area (Å²) in [6.45, 7) is 6.10. The van der Waals surface area contributed by atoms with Crippen molar-refractivity contribution in [1.82, 2.24) is 14.9 Å². The van der Waals surface area contributed by atoms with E-state index in [-0.39, 0.29) is 28.2 Å². The van der Waals surface area contributed by atoms with Gasteiger partial charge in [0.1, 0.15) is 5.69 Å². The number of benzene rings is 2. The number of carbonyl (C=O) groups is 1. The predicted molar refractivity (Wildman–Crippen MR) is 134 cm³/mol. The van der Waals surface area contributed by atoms with Gasteiger partial charge >= 0.3 is 0 Å². The van der Waals surface area contributed by atoms with Crippen LogP contribution in [0.1, 0.15) is 19.4 Å². The highest BCUT2D eigenvalue weighted by Crippen LogP contribution is 2.24. The molecule has 13 heteroatoms. The normalized spacial score (nSPS) is 10.9. The lowest BCUT2D eigenvalue weighted by atomic mass is 10.2. The number of amides is 1. The smallest absolute Gasteiger partial charge is 0.292 e. The van der Waals surface area contributed by atoms with Gasteiger partial charge in [0.05, 0.1) is 16.9 Å². The summed E-state index contributed by atoms with van der Waals surface area (Å²) in [6.07, 6.45) is 1.63. The Kier molecular flexibility index (Phi) is 8.40. The molecular weight excluding hydrogens is 458 g/mol. The fourth-order valence-corrected chi connectivity index (χ4v) is 3.69. The number of nitrogens with zero attached hydrogens (tertiary/aromatic N) is 6. The maximum Gasteiger partial charge on any atom is 0.292 e. The van der Waals surface area contributed by atoms with Crippen molar-refractivity contribution >= 4 is 46.9 Å². The Morgan fingerprint density at radius 1 is 1.21 bits per heavy atom. The van der Waals surface area contributed by atoms with Crippen LogP contribution in [-0.2, 0) is 4.79 Å². The minimum absolute atomic E-state index is 0.0659. The van der Waals surface area contributed by atoms with Crippen LogP contribution in [0, 0.1) is 10.1 Å². The molecule has 0 spiro atoms. The van der Waals surface area contributed by atoms with Crippen molar-refractivity contribution in [2.75, 3.05) is 40.3 Å². The maximum atomic E-state index is 12.2. The molecule has 34 heavy (non-hydrogen) atoms. The summed E-state index contributed by atoms with van der Waals surface area (Å²) in [5.74, 6) is 5.66. The number of nitro benzene ring substituents is 1. The third-order valence-corrected chi connectivity index (χ3v) is 5.71. The van der Waals surface area contributed by atoms with Crippen LogP contribution >= 0.6 is 11.8 Å². The number of nitrogen functional groups attached to an aromatic ring is 1. The molecule has 0 aliphatic rings. The summed E-state index contributed by atoms with van der Waals surface area (Å²) in [6, 6.07) is 13.9. The molecule has 0 saturated heterocycles. The van der Waals surface area contributed by atoms with Gasteiger partial charge in [-0.05, 0) is 37.6 Å². The van der Waals surface area contributed by atoms with Crippen molar-refractivity contribution in [1.29, 1.82) is 0 Å². The Morgan fingerprint density at radius 3 is 2.59 bits per heavy atom. The van der Waals surface area contributed by atoms with E-state index in [4.69, 9.17) is 5.84 Å². The molecule has 0 aliphatic carbocycles. The molecule has 3 rings (SSSR count). The summed E-state index contributed by atoms with van der Waals surface area (Å²) < 4.78 is 1.17. The molecule has 0 unspecified atom stereocenters. The minimum atomic E-state index is -0.558. The number of nitrogens with two attached hydrogens (primary N) is 1. The second kappa shape index (κ2) is 11.7. The number of hydrogen-bond acceptors (Lipinski definition) is 10. The average Bonchev–Trinajstić information content (AvgIpc) is 3.19. The number of para-hydroxylation sites is 2. The molecule has 0 bridgehead atoms. The first-order chi connectivity index (χ1) is 16.4. The first-order valence-electron chi connectivity index (χ1n) is 10.4. The van der Waals surface area contributed by atoms with Gasteiger partial charge in [-0.25, -0.2) is 10.1 Å². The van der Waals surface area contributed by atoms with Crippen LogP contribution in [0.3, 0.4) is 0 Å². The largest absolute Gasteiger partial charge is 0.372 e. The molecule has 178 valence electrons. The highest BCUT2D eigenvalue weighted by Gasteiger charge is 2.16. The Labute approximate surface area is 200 Å². The fraction of sp³-hybridized carbons (Fsp3) is 0.238. The average molecular weight is 484 g/mol. The second-order valence-electron chi connectivity index (χ2n) is 6.92. The van der Waals surface area contributed by atoms with Crippen molar-refractivity contribution in [3.63, 3.8) is 0 Å². The van der Waals surface area contributed by atoms with E-state index in [1.807, 2.05) is 24.3 Å². The number of thioether (sulfide) groups is 1. The highest BCUT2D eigenvalue weighted by molar-refractivity contribution is 7.99. The minimum Gasteiger partial charge on any atom is -0.372 e. The summed E-state index contributed by atoms with van der Waals surface area (Å²) in [5.41, 5.74) is 4.70. The first-order valence-corrected chi connectivity index (χ1v) is 11.4. The number of rotatable bonds is 11. The topological polar surface area (TPSA) is 157 Å². The van der Waals surface area contributed by atoms with Gasteiger partial charge in [-0.2, -0.15) is 5.10 Å².